The number of fused-ring (bicyclic) bond motifs is 1. The van der Waals surface area contributed by atoms with Crippen molar-refractivity contribution in [1.29, 1.82) is 0 Å². The van der Waals surface area contributed by atoms with Gasteiger partial charge in [-0.2, -0.15) is 0 Å². The summed E-state index contributed by atoms with van der Waals surface area (Å²) in [5, 5.41) is 9.70. The average molecular weight is 405 g/mol. The summed E-state index contributed by atoms with van der Waals surface area (Å²) >= 11 is 0. The van der Waals surface area contributed by atoms with Crippen molar-refractivity contribution in [2.75, 3.05) is 6.61 Å². The van der Waals surface area contributed by atoms with Crippen molar-refractivity contribution in [3.05, 3.63) is 64.6 Å². The van der Waals surface area contributed by atoms with Gasteiger partial charge in [-0.1, -0.05) is 0 Å². The normalized spacial score (nSPS) is 12.2. The predicted molar refractivity (Wildman–Crippen MR) is 99.4 cm³/mol. The highest BCUT2D eigenvalue weighted by molar-refractivity contribution is 6.05. The van der Waals surface area contributed by atoms with Crippen LogP contribution in [0, 0.1) is 24.4 Å². The van der Waals surface area contributed by atoms with E-state index in [1.165, 1.54) is 19.9 Å². The van der Waals surface area contributed by atoms with Crippen LogP contribution in [0.25, 0.3) is 10.9 Å². The number of aromatic nitrogens is 1. The second-order valence-electron chi connectivity index (χ2n) is 6.54. The molecule has 0 aliphatic heterocycles. The number of rotatable bonds is 4. The average Bonchev–Trinajstić information content (AvgIpc) is 2.98. The van der Waals surface area contributed by atoms with Crippen LogP contribution in [0.2, 0.25) is 0 Å². The lowest BCUT2D eigenvalue weighted by atomic mass is 9.97. The van der Waals surface area contributed by atoms with Gasteiger partial charge < -0.3 is 9.84 Å². The van der Waals surface area contributed by atoms with Crippen molar-refractivity contribution in [1.82, 2.24) is 4.57 Å². The standard InChI is InChI=1S/C21H18F3NO4/c1-4-29-21(28)10(2)17-11(3)25(15-7-8-16(26)19(24)18(15)17)20(27)12-5-6-13(22)14(23)9-12/h5-10,26H,4H2,1-3H3/t10-/m0/s1. The van der Waals surface area contributed by atoms with Crippen molar-refractivity contribution >= 4 is 22.8 Å². The lowest BCUT2D eigenvalue weighted by molar-refractivity contribution is -0.144. The molecule has 3 aromatic rings. The van der Waals surface area contributed by atoms with Crippen LogP contribution < -0.4 is 0 Å². The zero-order chi connectivity index (χ0) is 21.5. The van der Waals surface area contributed by atoms with Gasteiger partial charge in [0.05, 0.1) is 18.0 Å². The van der Waals surface area contributed by atoms with Gasteiger partial charge in [0.1, 0.15) is 0 Å². The highest BCUT2D eigenvalue weighted by Gasteiger charge is 2.30. The van der Waals surface area contributed by atoms with Gasteiger partial charge in [0.15, 0.2) is 23.2 Å². The zero-order valence-corrected chi connectivity index (χ0v) is 15.9. The van der Waals surface area contributed by atoms with Crippen molar-refractivity contribution in [2.45, 2.75) is 26.7 Å². The molecule has 3 rings (SSSR count). The first-order valence-corrected chi connectivity index (χ1v) is 8.87. The molecule has 1 atom stereocenters. The third-order valence-electron chi connectivity index (χ3n) is 4.78. The molecule has 0 amide bonds. The minimum atomic E-state index is -1.20. The fourth-order valence-corrected chi connectivity index (χ4v) is 3.41. The Balaban J connectivity index is 2.29. The molecule has 0 radical (unpaired) electrons. The zero-order valence-electron chi connectivity index (χ0n) is 15.9. The maximum absolute atomic E-state index is 14.8. The van der Waals surface area contributed by atoms with E-state index < -0.39 is 41.0 Å². The van der Waals surface area contributed by atoms with E-state index in [1.54, 1.807) is 6.92 Å². The van der Waals surface area contributed by atoms with Crippen LogP contribution in [-0.2, 0) is 9.53 Å². The lowest BCUT2D eigenvalue weighted by Crippen LogP contribution is -2.17. The van der Waals surface area contributed by atoms with E-state index >= 15 is 0 Å². The van der Waals surface area contributed by atoms with E-state index in [4.69, 9.17) is 4.74 Å². The number of halogens is 3. The van der Waals surface area contributed by atoms with Gasteiger partial charge in [0.25, 0.3) is 5.91 Å². The van der Waals surface area contributed by atoms with Crippen LogP contribution in [-0.4, -0.2) is 28.2 Å². The highest BCUT2D eigenvalue weighted by atomic mass is 19.2. The van der Waals surface area contributed by atoms with Crippen LogP contribution in [0.5, 0.6) is 5.75 Å². The molecule has 0 aliphatic carbocycles. The molecule has 0 saturated carbocycles. The molecule has 1 heterocycles. The molecule has 1 aromatic heterocycles. The van der Waals surface area contributed by atoms with Gasteiger partial charge >= 0.3 is 5.97 Å². The number of hydrogen-bond acceptors (Lipinski definition) is 4. The molecule has 8 heteroatoms. The van der Waals surface area contributed by atoms with Crippen molar-refractivity contribution in [3.8, 4) is 5.75 Å². The van der Waals surface area contributed by atoms with Crippen LogP contribution in [0.15, 0.2) is 30.3 Å². The molecule has 0 bridgehead atoms. The van der Waals surface area contributed by atoms with Gasteiger partial charge in [-0.05, 0) is 56.7 Å². The largest absolute Gasteiger partial charge is 0.505 e. The highest BCUT2D eigenvalue weighted by Crippen LogP contribution is 2.37. The smallest absolute Gasteiger partial charge is 0.313 e. The fourth-order valence-electron chi connectivity index (χ4n) is 3.41. The number of nitrogens with zero attached hydrogens (tertiary/aromatic N) is 1. The predicted octanol–water partition coefficient (Wildman–Crippen LogP) is 4.43. The first-order chi connectivity index (χ1) is 13.7. The molecule has 0 spiro atoms. The van der Waals surface area contributed by atoms with E-state index in [9.17, 15) is 27.9 Å². The third-order valence-corrected chi connectivity index (χ3v) is 4.78. The lowest BCUT2D eigenvalue weighted by Gasteiger charge is -2.12. The monoisotopic (exact) mass is 405 g/mol. The number of ether oxygens (including phenoxy) is 1. The Morgan fingerprint density at radius 3 is 2.45 bits per heavy atom. The van der Waals surface area contributed by atoms with Crippen LogP contribution in [0.3, 0.4) is 0 Å². The Morgan fingerprint density at radius 2 is 1.83 bits per heavy atom. The summed E-state index contributed by atoms with van der Waals surface area (Å²) in [7, 11) is 0. The molecule has 29 heavy (non-hydrogen) atoms. The maximum Gasteiger partial charge on any atom is 0.313 e. The molecule has 152 valence electrons. The van der Waals surface area contributed by atoms with Crippen LogP contribution in [0.1, 0.15) is 41.4 Å². The molecule has 0 fully saturated rings. The summed E-state index contributed by atoms with van der Waals surface area (Å²) in [5.41, 5.74) is 0.314. The third kappa shape index (κ3) is 3.35. The summed E-state index contributed by atoms with van der Waals surface area (Å²) in [4.78, 5) is 25.3. The molecular weight excluding hydrogens is 387 g/mol. The minimum Gasteiger partial charge on any atom is -0.505 e. The van der Waals surface area contributed by atoms with E-state index in [-0.39, 0.29) is 34.3 Å². The van der Waals surface area contributed by atoms with E-state index in [1.807, 2.05) is 0 Å². The van der Waals surface area contributed by atoms with Gasteiger partial charge in [-0.25, -0.2) is 13.2 Å². The quantitative estimate of drug-likeness (QED) is 0.652. The van der Waals surface area contributed by atoms with Gasteiger partial charge in [-0.3, -0.25) is 14.2 Å². The van der Waals surface area contributed by atoms with Crippen molar-refractivity contribution in [2.24, 2.45) is 0 Å². The van der Waals surface area contributed by atoms with E-state index in [2.05, 4.69) is 0 Å². The van der Waals surface area contributed by atoms with Gasteiger partial charge in [-0.15, -0.1) is 0 Å². The van der Waals surface area contributed by atoms with Crippen LogP contribution >= 0.6 is 0 Å². The second-order valence-corrected chi connectivity index (χ2v) is 6.54. The molecule has 1 N–H and O–H groups in total. The van der Waals surface area contributed by atoms with Crippen LogP contribution in [0.4, 0.5) is 13.2 Å². The fraction of sp³-hybridized carbons (Fsp3) is 0.238. The molecular formula is C21H18F3NO4. The number of aromatic hydroxyl groups is 1. The Labute approximate surface area is 164 Å². The minimum absolute atomic E-state index is 0.0821. The molecule has 0 aliphatic rings. The maximum atomic E-state index is 14.8. The molecule has 0 unspecified atom stereocenters. The van der Waals surface area contributed by atoms with Crippen molar-refractivity contribution in [3.63, 3.8) is 0 Å². The Bertz CT molecular complexity index is 1140. The number of phenols is 1. The Hall–Kier alpha value is -3.29. The summed E-state index contributed by atoms with van der Waals surface area (Å²) in [6, 6.07) is 5.06. The Kier molecular flexibility index (Phi) is 5.37. The van der Waals surface area contributed by atoms with Gasteiger partial charge in [0.2, 0.25) is 0 Å². The SMILES string of the molecule is CCOC(=O)[C@@H](C)c1c(C)n(C(=O)c2ccc(F)c(F)c2)c2ccc(O)c(F)c12. The Morgan fingerprint density at radius 1 is 1.14 bits per heavy atom. The number of carbonyl (C=O) groups excluding carboxylic acids is 2. The first kappa shape index (κ1) is 20.4. The summed E-state index contributed by atoms with van der Waals surface area (Å²) in [6.45, 7) is 4.73. The second kappa shape index (κ2) is 7.62. The number of esters is 1. The summed E-state index contributed by atoms with van der Waals surface area (Å²) in [5.74, 6) is -6.25. The van der Waals surface area contributed by atoms with Crippen molar-refractivity contribution < 1.29 is 32.6 Å². The first-order valence-electron chi connectivity index (χ1n) is 8.87. The number of carbonyl (C=O) groups is 2. The number of phenolic OH excluding ortho intramolecular Hbond substituents is 1. The molecule has 2 aromatic carbocycles. The number of benzene rings is 2. The summed E-state index contributed by atoms with van der Waals surface area (Å²) < 4.78 is 47.8. The molecule has 5 nitrogen and oxygen atoms in total. The van der Waals surface area contributed by atoms with E-state index in [0.29, 0.717) is 0 Å². The topological polar surface area (TPSA) is 68.5 Å². The van der Waals surface area contributed by atoms with Gasteiger partial charge in [0, 0.05) is 16.6 Å². The number of hydrogen-bond donors (Lipinski definition) is 1. The molecule has 0 saturated heterocycles. The van der Waals surface area contributed by atoms with E-state index in [0.717, 1.165) is 28.8 Å². The summed E-state index contributed by atoms with van der Waals surface area (Å²) in [6.07, 6.45) is 0.